The number of anilines is 1. The van der Waals surface area contributed by atoms with Crippen molar-refractivity contribution in [3.8, 4) is 0 Å². The van der Waals surface area contributed by atoms with Gasteiger partial charge in [-0.05, 0) is 6.07 Å². The molecule has 24 heavy (non-hydrogen) atoms. The third-order valence-corrected chi connectivity index (χ3v) is 4.91. The highest BCUT2D eigenvalue weighted by Gasteiger charge is 2.30. The van der Waals surface area contributed by atoms with E-state index in [4.69, 9.17) is 4.74 Å². The minimum atomic E-state index is -0.270. The molecule has 0 unspecified atom stereocenters. The monoisotopic (exact) mass is 351 g/mol. The lowest BCUT2D eigenvalue weighted by Crippen LogP contribution is -2.47. The largest absolute Gasteiger partial charge is 0.368 e. The van der Waals surface area contributed by atoms with Crippen molar-refractivity contribution < 1.29 is 14.3 Å². The number of morpholine rings is 1. The molecule has 1 aromatic rings. The Balaban J connectivity index is 1.64. The maximum Gasteiger partial charge on any atom is 0.242 e. The Bertz CT molecular complexity index is 627. The summed E-state index contributed by atoms with van der Waals surface area (Å²) in [5, 5.41) is 0. The molecule has 3 heterocycles. The summed E-state index contributed by atoms with van der Waals surface area (Å²) in [4.78, 5) is 38.0. The number of thioether (sulfide) groups is 1. The summed E-state index contributed by atoms with van der Waals surface area (Å²) in [6.07, 6.45) is 1.43. The number of carbonyl (C=O) groups excluding carboxylic acids is 2. The van der Waals surface area contributed by atoms with Gasteiger partial charge in [0.15, 0.2) is 0 Å². The van der Waals surface area contributed by atoms with Crippen molar-refractivity contribution in [2.75, 3.05) is 56.9 Å². The second-order valence-electron chi connectivity index (χ2n) is 5.94. The van der Waals surface area contributed by atoms with Crippen LogP contribution in [0.5, 0.6) is 0 Å². The van der Waals surface area contributed by atoms with Crippen LogP contribution in [0.1, 0.15) is 11.8 Å². The van der Waals surface area contributed by atoms with Crippen LogP contribution < -0.4 is 4.90 Å². The van der Waals surface area contributed by atoms with E-state index in [1.165, 1.54) is 11.8 Å². The van der Waals surface area contributed by atoms with E-state index in [-0.39, 0.29) is 24.5 Å². The number of amides is 2. The summed E-state index contributed by atoms with van der Waals surface area (Å²) >= 11 is 1.54. The van der Waals surface area contributed by atoms with Gasteiger partial charge in [0.2, 0.25) is 17.8 Å². The Hall–Kier alpha value is -1.87. The molecule has 1 atom stereocenters. The summed E-state index contributed by atoms with van der Waals surface area (Å²) in [7, 11) is 3.75. The van der Waals surface area contributed by atoms with Crippen LogP contribution in [-0.2, 0) is 14.3 Å². The third kappa shape index (κ3) is 3.78. The smallest absolute Gasteiger partial charge is 0.242 e. The molecule has 0 aromatic carbocycles. The Morgan fingerprint density at radius 1 is 1.50 bits per heavy atom. The van der Waals surface area contributed by atoms with Gasteiger partial charge < -0.3 is 19.4 Å². The van der Waals surface area contributed by atoms with Gasteiger partial charge in [-0.15, -0.1) is 11.8 Å². The Labute approximate surface area is 145 Å². The molecule has 8 nitrogen and oxygen atoms in total. The van der Waals surface area contributed by atoms with Crippen LogP contribution in [0.4, 0.5) is 5.95 Å². The van der Waals surface area contributed by atoms with E-state index in [2.05, 4.69) is 9.97 Å². The molecule has 2 amide bonds. The maximum absolute atomic E-state index is 12.5. The normalized spacial score (nSPS) is 21.2. The fourth-order valence-electron chi connectivity index (χ4n) is 2.61. The van der Waals surface area contributed by atoms with E-state index in [9.17, 15) is 9.59 Å². The minimum Gasteiger partial charge on any atom is -0.368 e. The maximum atomic E-state index is 12.5. The van der Waals surface area contributed by atoms with Crippen molar-refractivity contribution in [3.63, 3.8) is 0 Å². The zero-order valence-corrected chi connectivity index (χ0v) is 14.7. The van der Waals surface area contributed by atoms with Crippen LogP contribution in [0.3, 0.4) is 0 Å². The van der Waals surface area contributed by atoms with Gasteiger partial charge in [-0.2, -0.15) is 0 Å². The van der Waals surface area contributed by atoms with E-state index in [0.29, 0.717) is 37.3 Å². The van der Waals surface area contributed by atoms with Gasteiger partial charge in [0.25, 0.3) is 0 Å². The first-order chi connectivity index (χ1) is 11.5. The quantitative estimate of drug-likeness (QED) is 0.754. The average Bonchev–Trinajstić information content (AvgIpc) is 3.00. The fraction of sp³-hybridized carbons (Fsp3) is 0.600. The van der Waals surface area contributed by atoms with Crippen molar-refractivity contribution in [1.29, 1.82) is 0 Å². The van der Waals surface area contributed by atoms with Crippen LogP contribution in [0.25, 0.3) is 0 Å². The predicted molar refractivity (Wildman–Crippen MR) is 90.7 cm³/mol. The summed E-state index contributed by atoms with van der Waals surface area (Å²) < 4.78 is 5.78. The minimum absolute atomic E-state index is 0.0320. The van der Waals surface area contributed by atoms with Gasteiger partial charge in [-0.1, -0.05) is 0 Å². The number of ether oxygens (including phenoxy) is 1. The highest BCUT2D eigenvalue weighted by atomic mass is 32.2. The molecule has 0 aliphatic carbocycles. The molecule has 2 aliphatic heterocycles. The summed E-state index contributed by atoms with van der Waals surface area (Å²) in [6.45, 7) is 1.58. The first-order valence-corrected chi connectivity index (χ1v) is 8.95. The molecule has 2 fully saturated rings. The van der Waals surface area contributed by atoms with E-state index in [1.54, 1.807) is 16.0 Å². The van der Waals surface area contributed by atoms with Crippen LogP contribution in [0, 0.1) is 0 Å². The molecular formula is C15H21N5O3S. The molecule has 0 N–H and O–H groups in total. The Kier molecular flexibility index (Phi) is 5.20. The second-order valence-corrected chi connectivity index (χ2v) is 6.90. The molecule has 2 aliphatic rings. The van der Waals surface area contributed by atoms with Crippen molar-refractivity contribution in [2.24, 2.45) is 0 Å². The van der Waals surface area contributed by atoms with Crippen molar-refractivity contribution >= 4 is 29.5 Å². The zero-order valence-electron chi connectivity index (χ0n) is 13.8. The van der Waals surface area contributed by atoms with Gasteiger partial charge in [0.05, 0.1) is 30.5 Å². The summed E-state index contributed by atoms with van der Waals surface area (Å²) in [5.41, 5.74) is 0.763. The highest BCUT2D eigenvalue weighted by molar-refractivity contribution is 8.00. The Morgan fingerprint density at radius 3 is 3.04 bits per heavy atom. The molecule has 0 saturated carbocycles. The molecule has 9 heteroatoms. The number of carbonyl (C=O) groups is 2. The van der Waals surface area contributed by atoms with Crippen LogP contribution in [-0.4, -0.2) is 83.5 Å². The predicted octanol–water partition coefficient (Wildman–Crippen LogP) is -0.0246. The molecular weight excluding hydrogens is 330 g/mol. The second kappa shape index (κ2) is 7.35. The number of nitrogens with zero attached hydrogens (tertiary/aromatic N) is 5. The van der Waals surface area contributed by atoms with E-state index in [0.717, 1.165) is 5.69 Å². The van der Waals surface area contributed by atoms with Crippen molar-refractivity contribution in [3.05, 3.63) is 18.0 Å². The summed E-state index contributed by atoms with van der Waals surface area (Å²) in [6, 6.07) is 1.81. The first-order valence-electron chi connectivity index (χ1n) is 7.80. The topological polar surface area (TPSA) is 78.9 Å². The molecule has 0 bridgehead atoms. The average molecular weight is 351 g/mol. The standard InChI is InChI=1S/C15H21N5O3S/c1-18(2)15-16-4-3-11(17-15)12-7-19(5-6-23-12)13(21)8-20-10-24-9-14(20)22/h3-4,12H,5-10H2,1-2H3/t12-/m0/s1. The zero-order chi connectivity index (χ0) is 17.1. The Morgan fingerprint density at radius 2 is 2.33 bits per heavy atom. The van der Waals surface area contributed by atoms with Gasteiger partial charge in [-0.3, -0.25) is 9.59 Å². The lowest BCUT2D eigenvalue weighted by Gasteiger charge is -2.33. The SMILES string of the molecule is CN(C)c1nccc([C@@H]2CN(C(=O)CN3CSCC3=O)CCO2)n1. The van der Waals surface area contributed by atoms with Gasteiger partial charge in [0, 0.05) is 26.8 Å². The fourth-order valence-corrected chi connectivity index (χ4v) is 3.52. The van der Waals surface area contributed by atoms with Gasteiger partial charge in [-0.25, -0.2) is 9.97 Å². The third-order valence-electron chi connectivity index (χ3n) is 3.96. The van der Waals surface area contributed by atoms with E-state index >= 15 is 0 Å². The summed E-state index contributed by atoms with van der Waals surface area (Å²) in [5.74, 6) is 1.66. The number of aromatic nitrogens is 2. The highest BCUT2D eigenvalue weighted by Crippen LogP contribution is 2.22. The van der Waals surface area contributed by atoms with E-state index < -0.39 is 0 Å². The molecule has 3 rings (SSSR count). The lowest BCUT2D eigenvalue weighted by molar-refractivity contribution is -0.143. The number of hydrogen-bond acceptors (Lipinski definition) is 7. The molecule has 0 spiro atoms. The first kappa shape index (κ1) is 17.0. The van der Waals surface area contributed by atoms with Crippen molar-refractivity contribution in [2.45, 2.75) is 6.10 Å². The van der Waals surface area contributed by atoms with Crippen LogP contribution >= 0.6 is 11.8 Å². The van der Waals surface area contributed by atoms with Crippen LogP contribution in [0.2, 0.25) is 0 Å². The van der Waals surface area contributed by atoms with Crippen LogP contribution in [0.15, 0.2) is 12.3 Å². The number of hydrogen-bond donors (Lipinski definition) is 0. The van der Waals surface area contributed by atoms with Gasteiger partial charge >= 0.3 is 0 Å². The molecule has 0 radical (unpaired) electrons. The van der Waals surface area contributed by atoms with E-state index in [1.807, 2.05) is 25.1 Å². The molecule has 130 valence electrons. The molecule has 1 aromatic heterocycles. The van der Waals surface area contributed by atoms with Crippen molar-refractivity contribution in [1.82, 2.24) is 19.8 Å². The van der Waals surface area contributed by atoms with Gasteiger partial charge in [0.1, 0.15) is 12.6 Å². The molecule has 2 saturated heterocycles. The lowest BCUT2D eigenvalue weighted by atomic mass is 10.2. The number of rotatable bonds is 4.